The van der Waals surface area contributed by atoms with Crippen LogP contribution in [-0.4, -0.2) is 33.4 Å². The van der Waals surface area contributed by atoms with Crippen molar-refractivity contribution in [3.63, 3.8) is 0 Å². The van der Waals surface area contributed by atoms with Crippen LogP contribution in [0.2, 0.25) is 0 Å². The van der Waals surface area contributed by atoms with E-state index in [0.29, 0.717) is 12.2 Å². The Morgan fingerprint density at radius 3 is 2.89 bits per heavy atom. The highest BCUT2D eigenvalue weighted by molar-refractivity contribution is 5.88. The van der Waals surface area contributed by atoms with Gasteiger partial charge in [0.2, 0.25) is 0 Å². The number of hydrogen-bond donors (Lipinski definition) is 3. The number of urea groups is 1. The number of carboxylic acids is 1. The zero-order chi connectivity index (χ0) is 13.2. The van der Waals surface area contributed by atoms with Gasteiger partial charge in [0, 0.05) is 12.7 Å². The van der Waals surface area contributed by atoms with Crippen molar-refractivity contribution in [1.82, 2.24) is 15.1 Å². The van der Waals surface area contributed by atoms with Gasteiger partial charge in [0.1, 0.15) is 6.54 Å². The Bertz CT molecular complexity index is 465. The quantitative estimate of drug-likeness (QED) is 0.725. The van der Waals surface area contributed by atoms with Gasteiger partial charge in [0.25, 0.3) is 0 Å². The normalized spacial score (nSPS) is 16.1. The second-order valence-electron chi connectivity index (χ2n) is 4.94. The van der Waals surface area contributed by atoms with Crippen LogP contribution in [0.15, 0.2) is 12.4 Å². The molecule has 0 radical (unpaired) electrons. The van der Waals surface area contributed by atoms with E-state index < -0.39 is 5.97 Å². The maximum atomic E-state index is 11.5. The maximum absolute atomic E-state index is 11.5. The molecule has 3 N–H and O–H groups in total. The molecule has 1 aromatic rings. The van der Waals surface area contributed by atoms with Gasteiger partial charge in [0.15, 0.2) is 0 Å². The lowest BCUT2D eigenvalue weighted by Crippen LogP contribution is -2.32. The number of nitrogens with zero attached hydrogens (tertiary/aromatic N) is 2. The predicted octanol–water partition coefficient (Wildman–Crippen LogP) is 0.889. The minimum absolute atomic E-state index is 0.221. The van der Waals surface area contributed by atoms with E-state index in [1.807, 2.05) is 0 Å². The number of aromatic nitrogens is 2. The number of anilines is 1. The summed E-state index contributed by atoms with van der Waals surface area (Å²) < 4.78 is 1.25. The van der Waals surface area contributed by atoms with Gasteiger partial charge in [-0.2, -0.15) is 5.10 Å². The zero-order valence-electron chi connectivity index (χ0n) is 10.1. The van der Waals surface area contributed by atoms with Crippen LogP contribution < -0.4 is 10.6 Å². The first-order valence-corrected chi connectivity index (χ1v) is 5.76. The van der Waals surface area contributed by atoms with Crippen molar-refractivity contribution in [2.24, 2.45) is 5.41 Å². The van der Waals surface area contributed by atoms with Crippen LogP contribution in [0.5, 0.6) is 0 Å². The standard InChI is InChI=1S/C11H16N4O3/c1-11(2-3-11)7-12-10(18)14-8-4-13-15(5-8)6-9(16)17/h4-5H,2-3,6-7H2,1H3,(H,16,17)(H2,12,14,18). The molecule has 2 rings (SSSR count). The third-order valence-electron chi connectivity index (χ3n) is 2.97. The molecule has 1 aromatic heterocycles. The van der Waals surface area contributed by atoms with Crippen molar-refractivity contribution >= 4 is 17.7 Å². The zero-order valence-corrected chi connectivity index (χ0v) is 10.1. The summed E-state index contributed by atoms with van der Waals surface area (Å²) in [5.41, 5.74) is 0.736. The molecular formula is C11H16N4O3. The number of hydrogen-bond acceptors (Lipinski definition) is 3. The fourth-order valence-corrected chi connectivity index (χ4v) is 1.51. The minimum Gasteiger partial charge on any atom is -0.480 e. The number of aliphatic carboxylic acids is 1. The molecule has 18 heavy (non-hydrogen) atoms. The van der Waals surface area contributed by atoms with E-state index in [9.17, 15) is 9.59 Å². The van der Waals surface area contributed by atoms with Crippen molar-refractivity contribution in [3.8, 4) is 0 Å². The van der Waals surface area contributed by atoms with Crippen LogP contribution in [0.25, 0.3) is 0 Å². The van der Waals surface area contributed by atoms with Crippen LogP contribution in [-0.2, 0) is 11.3 Å². The van der Waals surface area contributed by atoms with E-state index >= 15 is 0 Å². The van der Waals surface area contributed by atoms with E-state index in [2.05, 4.69) is 22.7 Å². The highest BCUT2D eigenvalue weighted by Crippen LogP contribution is 2.43. The summed E-state index contributed by atoms with van der Waals surface area (Å²) in [6.07, 6.45) is 5.18. The molecule has 98 valence electrons. The number of rotatable bonds is 5. The molecule has 1 aliphatic rings. The molecule has 0 spiro atoms. The molecule has 1 saturated carbocycles. The van der Waals surface area contributed by atoms with Gasteiger partial charge < -0.3 is 15.7 Å². The molecule has 0 aliphatic heterocycles. The van der Waals surface area contributed by atoms with Crippen molar-refractivity contribution in [2.45, 2.75) is 26.3 Å². The predicted molar refractivity (Wildman–Crippen MR) is 64.2 cm³/mol. The molecule has 1 aliphatic carbocycles. The minimum atomic E-state index is -0.976. The average Bonchev–Trinajstić information content (AvgIpc) is 2.86. The van der Waals surface area contributed by atoms with Crippen LogP contribution >= 0.6 is 0 Å². The molecule has 2 amide bonds. The number of carboxylic acid groups (broad SMARTS) is 1. The second-order valence-corrected chi connectivity index (χ2v) is 4.94. The third kappa shape index (κ3) is 3.47. The Balaban J connectivity index is 1.79. The van der Waals surface area contributed by atoms with Crippen molar-refractivity contribution in [1.29, 1.82) is 0 Å². The number of carbonyl (C=O) groups excluding carboxylic acids is 1. The highest BCUT2D eigenvalue weighted by Gasteiger charge is 2.37. The molecule has 0 saturated heterocycles. The van der Waals surface area contributed by atoms with Gasteiger partial charge in [-0.25, -0.2) is 4.79 Å². The summed E-state index contributed by atoms with van der Waals surface area (Å²) in [5, 5.41) is 17.8. The van der Waals surface area contributed by atoms with E-state index in [-0.39, 0.29) is 18.0 Å². The first-order chi connectivity index (χ1) is 8.47. The Morgan fingerprint density at radius 2 is 2.28 bits per heavy atom. The molecule has 0 unspecified atom stereocenters. The summed E-state index contributed by atoms with van der Waals surface area (Å²) in [5.74, 6) is -0.976. The Morgan fingerprint density at radius 1 is 1.56 bits per heavy atom. The largest absolute Gasteiger partial charge is 0.480 e. The van der Waals surface area contributed by atoms with Gasteiger partial charge in [0.05, 0.1) is 11.9 Å². The van der Waals surface area contributed by atoms with Gasteiger partial charge >= 0.3 is 12.0 Å². The number of nitrogens with one attached hydrogen (secondary N) is 2. The summed E-state index contributed by atoms with van der Waals surface area (Å²) in [4.78, 5) is 22.0. The molecule has 1 heterocycles. The average molecular weight is 252 g/mol. The summed E-state index contributed by atoms with van der Waals surface area (Å²) in [6.45, 7) is 2.56. The lowest BCUT2D eigenvalue weighted by atomic mass is 10.1. The van der Waals surface area contributed by atoms with Gasteiger partial charge in [-0.15, -0.1) is 0 Å². The monoisotopic (exact) mass is 252 g/mol. The summed E-state index contributed by atoms with van der Waals surface area (Å²) >= 11 is 0. The van der Waals surface area contributed by atoms with Gasteiger partial charge in [-0.3, -0.25) is 9.48 Å². The van der Waals surface area contributed by atoms with E-state index in [0.717, 1.165) is 12.8 Å². The van der Waals surface area contributed by atoms with Crippen LogP contribution in [0, 0.1) is 5.41 Å². The molecule has 1 fully saturated rings. The topological polar surface area (TPSA) is 96.3 Å². The fourth-order valence-electron chi connectivity index (χ4n) is 1.51. The molecule has 0 bridgehead atoms. The summed E-state index contributed by atoms with van der Waals surface area (Å²) in [7, 11) is 0. The molecule has 0 atom stereocenters. The van der Waals surface area contributed by atoms with Gasteiger partial charge in [-0.05, 0) is 18.3 Å². The first-order valence-electron chi connectivity index (χ1n) is 5.76. The second kappa shape index (κ2) is 4.67. The lowest BCUT2D eigenvalue weighted by Gasteiger charge is -2.10. The Hall–Kier alpha value is -2.05. The smallest absolute Gasteiger partial charge is 0.325 e. The van der Waals surface area contributed by atoms with E-state index in [4.69, 9.17) is 5.11 Å². The van der Waals surface area contributed by atoms with E-state index in [1.54, 1.807) is 0 Å². The SMILES string of the molecule is CC1(CNC(=O)Nc2cnn(CC(=O)O)c2)CC1. The van der Waals surface area contributed by atoms with Gasteiger partial charge in [-0.1, -0.05) is 6.92 Å². The number of carbonyl (C=O) groups is 2. The maximum Gasteiger partial charge on any atom is 0.325 e. The Labute approximate surface area is 104 Å². The molecule has 0 aromatic carbocycles. The summed E-state index contributed by atoms with van der Waals surface area (Å²) in [6, 6.07) is -0.294. The molecule has 7 nitrogen and oxygen atoms in total. The first kappa shape index (κ1) is 12.4. The van der Waals surface area contributed by atoms with Crippen molar-refractivity contribution < 1.29 is 14.7 Å². The molecule has 7 heteroatoms. The molecular weight excluding hydrogens is 236 g/mol. The lowest BCUT2D eigenvalue weighted by molar-refractivity contribution is -0.137. The highest BCUT2D eigenvalue weighted by atomic mass is 16.4. The third-order valence-corrected chi connectivity index (χ3v) is 2.97. The van der Waals surface area contributed by atoms with Crippen molar-refractivity contribution in [2.75, 3.05) is 11.9 Å². The fraction of sp³-hybridized carbons (Fsp3) is 0.545. The van der Waals surface area contributed by atoms with E-state index in [1.165, 1.54) is 17.1 Å². The van der Waals surface area contributed by atoms with Crippen molar-refractivity contribution in [3.05, 3.63) is 12.4 Å². The van der Waals surface area contributed by atoms with Crippen LogP contribution in [0.4, 0.5) is 10.5 Å². The van der Waals surface area contributed by atoms with Crippen LogP contribution in [0.3, 0.4) is 0 Å². The Kier molecular flexibility index (Phi) is 3.22. The van der Waals surface area contributed by atoms with Crippen LogP contribution in [0.1, 0.15) is 19.8 Å². The number of amides is 2.